The molecule has 2 aliphatic heterocycles. The summed E-state index contributed by atoms with van der Waals surface area (Å²) in [6, 6.07) is 0. The van der Waals surface area contributed by atoms with Gasteiger partial charge in [-0.15, -0.1) is 0 Å². The van der Waals surface area contributed by atoms with E-state index in [1.165, 1.54) is 12.8 Å². The van der Waals surface area contributed by atoms with E-state index in [0.29, 0.717) is 22.7 Å². The highest BCUT2D eigenvalue weighted by Crippen LogP contribution is 2.66. The molecule has 8 aliphatic rings. The second-order valence-electron chi connectivity index (χ2n) is 11.8. The zero-order valence-corrected chi connectivity index (χ0v) is 17.1. The molecule has 4 bridgehead atoms. The highest BCUT2D eigenvalue weighted by atomic mass is 16.7. The molecule has 8 rings (SSSR count). The van der Waals surface area contributed by atoms with E-state index in [1.54, 1.807) is 0 Å². The lowest BCUT2D eigenvalue weighted by Gasteiger charge is -2.63. The minimum Gasteiger partial charge on any atom is -0.407 e. The SMILES string of the molecule is CC1(C)[C@H]2C[C@H]1[C@H]1OB(B3O[C@@H]4[C@@H]5C[C@@H](C[C@]4(C)O3)C5(C)C)O[C@@]1(C)C2. The molecule has 0 spiro atoms. The summed E-state index contributed by atoms with van der Waals surface area (Å²) in [6.07, 6.45) is 5.13. The summed E-state index contributed by atoms with van der Waals surface area (Å²) in [7, 11) is -0.745. The minimum atomic E-state index is -0.372. The summed E-state index contributed by atoms with van der Waals surface area (Å²) in [5, 5.41) is 0. The molecule has 8 fully saturated rings. The first kappa shape index (κ1) is 16.9. The Morgan fingerprint density at radius 2 is 1.04 bits per heavy atom. The maximum absolute atomic E-state index is 6.52. The van der Waals surface area contributed by atoms with E-state index in [4.69, 9.17) is 18.6 Å². The van der Waals surface area contributed by atoms with Crippen molar-refractivity contribution in [3.8, 4) is 0 Å². The van der Waals surface area contributed by atoms with Gasteiger partial charge in [-0.2, -0.15) is 0 Å². The van der Waals surface area contributed by atoms with Crippen LogP contribution in [-0.2, 0) is 18.6 Å². The molecule has 6 aliphatic carbocycles. The van der Waals surface area contributed by atoms with Crippen LogP contribution in [0.15, 0.2) is 0 Å². The van der Waals surface area contributed by atoms with Gasteiger partial charge in [0, 0.05) is 0 Å². The first-order valence-electron chi connectivity index (χ1n) is 10.7. The molecule has 8 atom stereocenters. The molecule has 0 radical (unpaired) electrons. The Morgan fingerprint density at radius 1 is 0.654 bits per heavy atom. The van der Waals surface area contributed by atoms with Crippen LogP contribution in [0.25, 0.3) is 0 Å². The Kier molecular flexibility index (Phi) is 2.97. The zero-order chi connectivity index (χ0) is 18.3. The molecule has 0 aromatic heterocycles. The summed E-state index contributed by atoms with van der Waals surface area (Å²) < 4.78 is 26.1. The van der Waals surface area contributed by atoms with Crippen LogP contribution in [0.5, 0.6) is 0 Å². The van der Waals surface area contributed by atoms with Crippen LogP contribution >= 0.6 is 0 Å². The fraction of sp³-hybridized carbons (Fsp3) is 1.00. The Morgan fingerprint density at radius 3 is 1.38 bits per heavy atom. The summed E-state index contributed by atoms with van der Waals surface area (Å²) in [5.74, 6) is 2.72. The highest BCUT2D eigenvalue weighted by Gasteiger charge is 2.72. The summed E-state index contributed by atoms with van der Waals surface area (Å²) in [6.45, 7) is 14.1. The Bertz CT molecular complexity index is 612. The molecule has 26 heavy (non-hydrogen) atoms. The summed E-state index contributed by atoms with van der Waals surface area (Å²) >= 11 is 0. The topological polar surface area (TPSA) is 36.9 Å². The van der Waals surface area contributed by atoms with Crippen LogP contribution in [0.4, 0.5) is 0 Å². The van der Waals surface area contributed by atoms with E-state index in [9.17, 15) is 0 Å². The van der Waals surface area contributed by atoms with Gasteiger partial charge in [-0.25, -0.2) is 0 Å². The maximum Gasteiger partial charge on any atom is 0.488 e. The van der Waals surface area contributed by atoms with Crippen LogP contribution in [0.1, 0.15) is 67.2 Å². The molecule has 2 saturated heterocycles. The first-order valence-corrected chi connectivity index (χ1v) is 10.7. The van der Waals surface area contributed by atoms with E-state index in [2.05, 4.69) is 41.5 Å². The van der Waals surface area contributed by atoms with E-state index < -0.39 is 0 Å². The van der Waals surface area contributed by atoms with Crippen molar-refractivity contribution < 1.29 is 18.6 Å². The Balaban J connectivity index is 1.23. The number of hydrogen-bond donors (Lipinski definition) is 0. The van der Waals surface area contributed by atoms with Crippen molar-refractivity contribution >= 4 is 14.0 Å². The lowest BCUT2D eigenvalue weighted by Crippen LogP contribution is -2.63. The molecule has 0 aromatic rings. The zero-order valence-electron chi connectivity index (χ0n) is 17.1. The highest BCUT2D eigenvalue weighted by molar-refractivity contribution is 7.11. The van der Waals surface area contributed by atoms with Crippen molar-refractivity contribution in [3.63, 3.8) is 0 Å². The van der Waals surface area contributed by atoms with Crippen molar-refractivity contribution in [1.29, 1.82) is 0 Å². The smallest absolute Gasteiger partial charge is 0.407 e. The molecule has 142 valence electrons. The van der Waals surface area contributed by atoms with Gasteiger partial charge in [0.15, 0.2) is 0 Å². The van der Waals surface area contributed by atoms with Crippen LogP contribution in [0.3, 0.4) is 0 Å². The molecule has 0 unspecified atom stereocenters. The van der Waals surface area contributed by atoms with Crippen molar-refractivity contribution in [2.24, 2.45) is 34.5 Å². The van der Waals surface area contributed by atoms with Crippen molar-refractivity contribution in [3.05, 3.63) is 0 Å². The van der Waals surface area contributed by atoms with Crippen molar-refractivity contribution in [1.82, 2.24) is 0 Å². The van der Waals surface area contributed by atoms with Crippen LogP contribution in [0, 0.1) is 34.5 Å². The van der Waals surface area contributed by atoms with E-state index >= 15 is 0 Å². The largest absolute Gasteiger partial charge is 0.488 e. The van der Waals surface area contributed by atoms with Crippen LogP contribution in [-0.4, -0.2) is 37.4 Å². The fourth-order valence-electron chi connectivity index (χ4n) is 7.72. The predicted octanol–water partition coefficient (Wildman–Crippen LogP) is 3.52. The summed E-state index contributed by atoms with van der Waals surface area (Å²) in [5.41, 5.74) is 0.420. The molecule has 4 nitrogen and oxygen atoms in total. The number of hydrogen-bond acceptors (Lipinski definition) is 4. The van der Waals surface area contributed by atoms with Gasteiger partial charge in [0.2, 0.25) is 0 Å². The molecule has 0 amide bonds. The third-order valence-electron chi connectivity index (χ3n) is 9.89. The van der Waals surface area contributed by atoms with E-state index in [-0.39, 0.29) is 37.4 Å². The lowest BCUT2D eigenvalue weighted by molar-refractivity contribution is -0.185. The average Bonchev–Trinajstić information content (AvgIpc) is 3.10. The normalized spacial score (nSPS) is 57.9. The minimum absolute atomic E-state index is 0.170. The van der Waals surface area contributed by atoms with Gasteiger partial charge in [-0.3, -0.25) is 0 Å². The van der Waals surface area contributed by atoms with Gasteiger partial charge in [0.05, 0.1) is 23.4 Å². The average molecular weight is 358 g/mol. The maximum atomic E-state index is 6.52. The molecule has 6 heteroatoms. The summed E-state index contributed by atoms with van der Waals surface area (Å²) in [4.78, 5) is 0. The molecule has 0 aromatic carbocycles. The molecular formula is C20H32B2O4. The standard InChI is InChI=1S/C20H32B2O4/c1-17(2)11-7-13(17)15-19(5,9-11)25-21(23-15)22-24-16-14-8-12(18(14,3)4)10-20(16,6)26-22/h11-16H,7-10H2,1-6H3/t11-,12-,13-,14-,15+,16+,19-,20-/m0/s1. The molecule has 2 heterocycles. The number of rotatable bonds is 1. The quantitative estimate of drug-likeness (QED) is 0.673. The van der Waals surface area contributed by atoms with Crippen molar-refractivity contribution in [2.75, 3.05) is 0 Å². The molecule has 0 N–H and O–H groups in total. The van der Waals surface area contributed by atoms with Crippen molar-refractivity contribution in [2.45, 2.75) is 90.6 Å². The van der Waals surface area contributed by atoms with Gasteiger partial charge in [0.1, 0.15) is 0 Å². The first-order chi connectivity index (χ1) is 12.0. The Hall–Kier alpha value is -0.0301. The second kappa shape index (κ2) is 4.58. The van der Waals surface area contributed by atoms with Gasteiger partial charge < -0.3 is 18.6 Å². The molecule has 6 saturated carbocycles. The Labute approximate surface area is 158 Å². The third-order valence-corrected chi connectivity index (χ3v) is 9.89. The predicted molar refractivity (Wildman–Crippen MR) is 100 cm³/mol. The monoisotopic (exact) mass is 358 g/mol. The second-order valence-corrected chi connectivity index (χ2v) is 11.8. The van der Waals surface area contributed by atoms with E-state index in [1.807, 2.05) is 0 Å². The van der Waals surface area contributed by atoms with Crippen LogP contribution in [0.2, 0.25) is 0 Å². The lowest BCUT2D eigenvalue weighted by atomic mass is 9.45. The van der Waals surface area contributed by atoms with Gasteiger partial charge >= 0.3 is 14.0 Å². The molecular weight excluding hydrogens is 326 g/mol. The fourth-order valence-corrected chi connectivity index (χ4v) is 7.72. The van der Waals surface area contributed by atoms with Gasteiger partial charge in [0.25, 0.3) is 0 Å². The van der Waals surface area contributed by atoms with E-state index in [0.717, 1.165) is 24.7 Å². The van der Waals surface area contributed by atoms with Gasteiger partial charge in [-0.05, 0) is 74.0 Å². The van der Waals surface area contributed by atoms with Gasteiger partial charge in [-0.1, -0.05) is 27.7 Å². The van der Waals surface area contributed by atoms with Crippen LogP contribution < -0.4 is 0 Å². The third kappa shape index (κ3) is 1.79.